The molecule has 1 unspecified atom stereocenters. The maximum Gasteiger partial charge on any atom is 0.133 e. The van der Waals surface area contributed by atoms with Gasteiger partial charge in [-0.05, 0) is 62.7 Å². The first-order chi connectivity index (χ1) is 13.2. The summed E-state index contributed by atoms with van der Waals surface area (Å²) in [5, 5.41) is 4.37. The van der Waals surface area contributed by atoms with Crippen molar-refractivity contribution in [3.05, 3.63) is 71.7 Å². The molecular weight excluding hydrogens is 345 g/mol. The summed E-state index contributed by atoms with van der Waals surface area (Å²) in [6.07, 6.45) is 7.27. The van der Waals surface area contributed by atoms with Gasteiger partial charge in [-0.3, -0.25) is 4.90 Å². The van der Waals surface area contributed by atoms with Crippen molar-refractivity contribution in [1.82, 2.24) is 14.7 Å². The van der Waals surface area contributed by atoms with Crippen LogP contribution < -0.4 is 0 Å². The number of halogens is 1. The van der Waals surface area contributed by atoms with Crippen LogP contribution in [0.2, 0.25) is 0 Å². The third-order valence-corrected chi connectivity index (χ3v) is 4.78. The van der Waals surface area contributed by atoms with Crippen LogP contribution in [0.4, 0.5) is 4.39 Å². The zero-order valence-electron chi connectivity index (χ0n) is 15.5. The van der Waals surface area contributed by atoms with Crippen LogP contribution in [0.3, 0.4) is 0 Å². The largest absolute Gasteiger partial charge is 0.462 e. The van der Waals surface area contributed by atoms with Crippen molar-refractivity contribution in [2.75, 3.05) is 13.7 Å². The molecule has 1 saturated heterocycles. The normalized spacial score (nSPS) is 17.5. The molecule has 1 aliphatic heterocycles. The number of benzene rings is 1. The van der Waals surface area contributed by atoms with Gasteiger partial charge in [0.2, 0.25) is 0 Å². The molecule has 3 aromatic rings. The molecular formula is C21H24FN3O2. The predicted molar refractivity (Wildman–Crippen MR) is 99.9 cm³/mol. The van der Waals surface area contributed by atoms with E-state index in [-0.39, 0.29) is 11.9 Å². The summed E-state index contributed by atoms with van der Waals surface area (Å²) >= 11 is 0. The third-order valence-electron chi connectivity index (χ3n) is 4.78. The molecule has 0 saturated carbocycles. The van der Waals surface area contributed by atoms with Gasteiger partial charge in [-0.1, -0.05) is 0 Å². The summed E-state index contributed by atoms with van der Waals surface area (Å²) in [6, 6.07) is 10.4. The average molecular weight is 369 g/mol. The molecule has 1 fully saturated rings. The number of ether oxygens (including phenoxy) is 1. The van der Waals surface area contributed by atoms with E-state index in [1.165, 1.54) is 18.6 Å². The number of hydrogen-bond donors (Lipinski definition) is 0. The molecule has 3 heterocycles. The van der Waals surface area contributed by atoms with Crippen LogP contribution in [0, 0.1) is 5.82 Å². The molecule has 1 atom stereocenters. The van der Waals surface area contributed by atoms with Crippen LogP contribution in [0.1, 0.15) is 42.5 Å². The molecule has 0 bridgehead atoms. The first-order valence-corrected chi connectivity index (χ1v) is 9.35. The summed E-state index contributed by atoms with van der Waals surface area (Å²) in [5.74, 6) is 1.62. The molecule has 1 aromatic carbocycles. The molecule has 0 aliphatic carbocycles. The minimum absolute atomic E-state index is 0.103. The molecule has 27 heavy (non-hydrogen) atoms. The smallest absolute Gasteiger partial charge is 0.133 e. The summed E-state index contributed by atoms with van der Waals surface area (Å²) in [4.78, 5) is 2.18. The zero-order chi connectivity index (χ0) is 18.6. The van der Waals surface area contributed by atoms with Gasteiger partial charge in [-0.15, -0.1) is 0 Å². The highest BCUT2D eigenvalue weighted by atomic mass is 19.1. The lowest BCUT2D eigenvalue weighted by molar-refractivity contribution is 0.000907. The monoisotopic (exact) mass is 369 g/mol. The van der Waals surface area contributed by atoms with Crippen LogP contribution in [-0.2, 0) is 17.8 Å². The average Bonchev–Trinajstić information content (AvgIpc) is 3.33. The van der Waals surface area contributed by atoms with E-state index in [9.17, 15) is 4.39 Å². The fourth-order valence-corrected chi connectivity index (χ4v) is 3.43. The van der Waals surface area contributed by atoms with E-state index in [1.54, 1.807) is 16.8 Å². The van der Waals surface area contributed by atoms with Crippen LogP contribution >= 0.6 is 0 Å². The highest BCUT2D eigenvalue weighted by Crippen LogP contribution is 2.29. The quantitative estimate of drug-likeness (QED) is 0.643. The molecule has 0 radical (unpaired) electrons. The molecule has 0 spiro atoms. The van der Waals surface area contributed by atoms with E-state index in [4.69, 9.17) is 9.15 Å². The molecule has 5 nitrogen and oxygen atoms in total. The van der Waals surface area contributed by atoms with Gasteiger partial charge in [0.25, 0.3) is 0 Å². The van der Waals surface area contributed by atoms with Gasteiger partial charge in [0.15, 0.2) is 0 Å². The lowest BCUT2D eigenvalue weighted by atomic mass is 10.1. The SMILES string of the molecule is CN(Cc1cnn(-c2ccc(F)cc2)c1)Cc1ccc(C2CCCCO2)o1. The van der Waals surface area contributed by atoms with Crippen LogP contribution in [-0.4, -0.2) is 28.3 Å². The summed E-state index contributed by atoms with van der Waals surface area (Å²) in [5.41, 5.74) is 1.93. The van der Waals surface area contributed by atoms with Gasteiger partial charge >= 0.3 is 0 Å². The zero-order valence-corrected chi connectivity index (χ0v) is 15.5. The van der Waals surface area contributed by atoms with Gasteiger partial charge in [-0.2, -0.15) is 5.10 Å². The van der Waals surface area contributed by atoms with Crippen LogP contribution in [0.5, 0.6) is 0 Å². The molecule has 1 aliphatic rings. The highest BCUT2D eigenvalue weighted by Gasteiger charge is 2.19. The fourth-order valence-electron chi connectivity index (χ4n) is 3.43. The predicted octanol–water partition coefficient (Wildman–Crippen LogP) is 4.48. The summed E-state index contributed by atoms with van der Waals surface area (Å²) in [6.45, 7) is 2.28. The molecule has 4 rings (SSSR count). The van der Waals surface area contributed by atoms with E-state index in [0.717, 1.165) is 48.8 Å². The first-order valence-electron chi connectivity index (χ1n) is 9.35. The second-order valence-corrected chi connectivity index (χ2v) is 7.10. The van der Waals surface area contributed by atoms with Crippen molar-refractivity contribution in [3.8, 4) is 5.69 Å². The van der Waals surface area contributed by atoms with Crippen molar-refractivity contribution in [2.45, 2.75) is 38.5 Å². The summed E-state index contributed by atoms with van der Waals surface area (Å²) < 4.78 is 26.6. The molecule has 6 heteroatoms. The van der Waals surface area contributed by atoms with E-state index in [2.05, 4.69) is 17.0 Å². The van der Waals surface area contributed by atoms with Crippen molar-refractivity contribution >= 4 is 0 Å². The second kappa shape index (κ2) is 8.06. The Kier molecular flexibility index (Phi) is 5.36. The van der Waals surface area contributed by atoms with Crippen molar-refractivity contribution in [1.29, 1.82) is 0 Å². The molecule has 0 N–H and O–H groups in total. The van der Waals surface area contributed by atoms with Gasteiger partial charge in [0.05, 0.1) is 18.4 Å². The highest BCUT2D eigenvalue weighted by molar-refractivity contribution is 5.31. The Labute approximate surface area is 158 Å². The Balaban J connectivity index is 1.35. The van der Waals surface area contributed by atoms with Crippen LogP contribution in [0.15, 0.2) is 53.2 Å². The number of nitrogens with zero attached hydrogens (tertiary/aromatic N) is 3. The van der Waals surface area contributed by atoms with E-state index < -0.39 is 0 Å². The maximum atomic E-state index is 13.1. The Morgan fingerprint density at radius 2 is 2.00 bits per heavy atom. The minimum Gasteiger partial charge on any atom is -0.462 e. The topological polar surface area (TPSA) is 43.4 Å². The van der Waals surface area contributed by atoms with Gasteiger partial charge in [-0.25, -0.2) is 9.07 Å². The molecule has 2 aromatic heterocycles. The van der Waals surface area contributed by atoms with E-state index in [0.29, 0.717) is 6.54 Å². The van der Waals surface area contributed by atoms with Crippen molar-refractivity contribution in [2.24, 2.45) is 0 Å². The van der Waals surface area contributed by atoms with Crippen LogP contribution in [0.25, 0.3) is 5.69 Å². The number of rotatable bonds is 6. The Bertz CT molecular complexity index is 866. The lowest BCUT2D eigenvalue weighted by Gasteiger charge is -2.20. The van der Waals surface area contributed by atoms with Crippen molar-refractivity contribution in [3.63, 3.8) is 0 Å². The van der Waals surface area contributed by atoms with E-state index >= 15 is 0 Å². The Hall–Kier alpha value is -2.44. The molecule has 142 valence electrons. The minimum atomic E-state index is -0.248. The molecule has 0 amide bonds. The third kappa shape index (κ3) is 4.46. The first kappa shape index (κ1) is 17.9. The number of aromatic nitrogens is 2. The lowest BCUT2D eigenvalue weighted by Crippen LogP contribution is -2.16. The van der Waals surface area contributed by atoms with Gasteiger partial charge in [0.1, 0.15) is 23.4 Å². The fraction of sp³-hybridized carbons (Fsp3) is 0.381. The van der Waals surface area contributed by atoms with Gasteiger partial charge in [0, 0.05) is 24.9 Å². The standard InChI is InChI=1S/C21H24FN3O2/c1-24(15-19-9-10-21(27-19)20-4-2-3-11-26-20)13-16-12-23-25(14-16)18-7-5-17(22)6-8-18/h5-10,12,14,20H,2-4,11,13,15H2,1H3. The van der Waals surface area contributed by atoms with E-state index in [1.807, 2.05) is 24.5 Å². The number of hydrogen-bond acceptors (Lipinski definition) is 4. The number of furan rings is 1. The Morgan fingerprint density at radius 3 is 2.78 bits per heavy atom. The second-order valence-electron chi connectivity index (χ2n) is 7.10. The summed E-state index contributed by atoms with van der Waals surface area (Å²) in [7, 11) is 2.05. The maximum absolute atomic E-state index is 13.1. The van der Waals surface area contributed by atoms with Crippen molar-refractivity contribution < 1.29 is 13.5 Å². The Morgan fingerprint density at radius 1 is 1.15 bits per heavy atom. The van der Waals surface area contributed by atoms with Gasteiger partial charge < -0.3 is 9.15 Å².